The lowest BCUT2D eigenvalue weighted by Gasteiger charge is -2.16. The van der Waals surface area contributed by atoms with Gasteiger partial charge in [-0.05, 0) is 30.2 Å². The molecule has 0 bridgehead atoms. The van der Waals surface area contributed by atoms with Crippen LogP contribution in [0.2, 0.25) is 0 Å². The Hall–Kier alpha value is -3.05. The number of aliphatic hydroxyl groups excluding tert-OH is 1. The fourth-order valence-corrected chi connectivity index (χ4v) is 2.88. The van der Waals surface area contributed by atoms with Crippen LogP contribution in [0.1, 0.15) is 28.6 Å². The highest BCUT2D eigenvalue weighted by atomic mass is 16.3. The van der Waals surface area contributed by atoms with E-state index in [1.807, 2.05) is 73.7 Å². The van der Waals surface area contributed by atoms with E-state index in [4.69, 9.17) is 4.42 Å². The Labute approximate surface area is 166 Å². The van der Waals surface area contributed by atoms with Gasteiger partial charge in [-0.1, -0.05) is 60.2 Å². The lowest BCUT2D eigenvalue weighted by Crippen LogP contribution is -2.40. The van der Waals surface area contributed by atoms with E-state index in [2.05, 4.69) is 15.6 Å². The van der Waals surface area contributed by atoms with Crippen molar-refractivity contribution in [2.75, 3.05) is 13.1 Å². The Bertz CT molecular complexity index is 861. The minimum absolute atomic E-state index is 0.380. The first-order chi connectivity index (χ1) is 13.7. The molecule has 146 valence electrons. The molecule has 0 radical (unpaired) electrons. The van der Waals surface area contributed by atoms with Gasteiger partial charge in [-0.3, -0.25) is 0 Å². The molecule has 0 fully saturated rings. The number of aryl methyl sites for hydroxylation is 1. The molecule has 0 saturated heterocycles. The number of hydrogen-bond acceptors (Lipinski definition) is 3. The summed E-state index contributed by atoms with van der Waals surface area (Å²) in [7, 11) is 0. The van der Waals surface area contributed by atoms with Gasteiger partial charge in [0.05, 0.1) is 18.9 Å². The molecule has 0 aliphatic rings. The standard InChI is InChI=1S/C23H27N3O2/c1-18-7-5-10-20(15-18)22(27)17-26-23(24-13-12-21-11-6-14-28-21)25-16-19-8-3-2-4-9-19/h2-11,14-15,22,27H,12-13,16-17H2,1H3,(H2,24,25,26). The summed E-state index contributed by atoms with van der Waals surface area (Å²) in [6.45, 7) is 3.66. The molecule has 3 rings (SSSR count). The van der Waals surface area contributed by atoms with Crippen LogP contribution in [0.3, 0.4) is 0 Å². The Morgan fingerprint density at radius 2 is 1.89 bits per heavy atom. The van der Waals surface area contributed by atoms with Gasteiger partial charge in [0, 0.05) is 19.5 Å². The molecule has 3 aromatic rings. The third-order valence-electron chi connectivity index (χ3n) is 4.40. The maximum absolute atomic E-state index is 10.5. The summed E-state index contributed by atoms with van der Waals surface area (Å²) in [5, 5.41) is 17.1. The van der Waals surface area contributed by atoms with Crippen molar-refractivity contribution in [2.45, 2.75) is 26.0 Å². The second-order valence-corrected chi connectivity index (χ2v) is 6.72. The number of hydrogen-bond donors (Lipinski definition) is 3. The second-order valence-electron chi connectivity index (χ2n) is 6.72. The van der Waals surface area contributed by atoms with Gasteiger partial charge in [0.15, 0.2) is 5.96 Å². The fraction of sp³-hybridized carbons (Fsp3) is 0.261. The molecule has 1 atom stereocenters. The molecule has 0 aliphatic carbocycles. The molecule has 28 heavy (non-hydrogen) atoms. The molecular weight excluding hydrogens is 350 g/mol. The molecule has 3 N–H and O–H groups in total. The van der Waals surface area contributed by atoms with E-state index in [0.717, 1.165) is 28.9 Å². The van der Waals surface area contributed by atoms with Crippen LogP contribution in [0.15, 0.2) is 82.4 Å². The van der Waals surface area contributed by atoms with Gasteiger partial charge in [0.2, 0.25) is 0 Å². The molecule has 0 amide bonds. The quantitative estimate of drug-likeness (QED) is 0.414. The van der Waals surface area contributed by atoms with Crippen LogP contribution in [0.25, 0.3) is 0 Å². The minimum Gasteiger partial charge on any atom is -0.469 e. The maximum atomic E-state index is 10.5. The molecule has 2 aromatic carbocycles. The molecule has 5 heteroatoms. The molecule has 1 unspecified atom stereocenters. The van der Waals surface area contributed by atoms with Gasteiger partial charge in [-0.15, -0.1) is 0 Å². The fourth-order valence-electron chi connectivity index (χ4n) is 2.88. The smallest absolute Gasteiger partial charge is 0.191 e. The van der Waals surface area contributed by atoms with Gasteiger partial charge in [0.25, 0.3) is 0 Å². The van der Waals surface area contributed by atoms with Gasteiger partial charge in [-0.25, -0.2) is 4.99 Å². The van der Waals surface area contributed by atoms with Crippen molar-refractivity contribution in [2.24, 2.45) is 4.99 Å². The van der Waals surface area contributed by atoms with E-state index in [-0.39, 0.29) is 0 Å². The zero-order chi connectivity index (χ0) is 19.6. The number of benzene rings is 2. The number of nitrogens with zero attached hydrogens (tertiary/aromatic N) is 1. The zero-order valence-corrected chi connectivity index (χ0v) is 16.1. The summed E-state index contributed by atoms with van der Waals surface area (Å²) in [4.78, 5) is 4.65. The number of aliphatic imine (C=N–C) groups is 1. The average molecular weight is 377 g/mol. The number of aliphatic hydroxyl groups is 1. The Morgan fingerprint density at radius 1 is 1.04 bits per heavy atom. The number of rotatable bonds is 8. The lowest BCUT2D eigenvalue weighted by molar-refractivity contribution is 0.180. The summed E-state index contributed by atoms with van der Waals surface area (Å²) in [6.07, 6.45) is 1.84. The van der Waals surface area contributed by atoms with Crippen LogP contribution in [0.5, 0.6) is 0 Å². The first kappa shape index (κ1) is 19.7. The Kier molecular flexibility index (Phi) is 7.27. The average Bonchev–Trinajstić information content (AvgIpc) is 3.23. The highest BCUT2D eigenvalue weighted by Crippen LogP contribution is 2.13. The lowest BCUT2D eigenvalue weighted by atomic mass is 10.1. The topological polar surface area (TPSA) is 69.8 Å². The number of guanidine groups is 1. The molecule has 0 aliphatic heterocycles. The van der Waals surface area contributed by atoms with Crippen molar-refractivity contribution in [3.63, 3.8) is 0 Å². The molecule has 1 aromatic heterocycles. The predicted octanol–water partition coefficient (Wildman–Crippen LogP) is 3.60. The monoisotopic (exact) mass is 377 g/mol. The molecule has 0 saturated carbocycles. The molecular formula is C23H27N3O2. The Morgan fingerprint density at radius 3 is 2.64 bits per heavy atom. The highest BCUT2D eigenvalue weighted by molar-refractivity contribution is 5.79. The summed E-state index contributed by atoms with van der Waals surface area (Å²) in [5.74, 6) is 1.59. The van der Waals surface area contributed by atoms with E-state index in [0.29, 0.717) is 25.6 Å². The van der Waals surface area contributed by atoms with Crippen LogP contribution in [-0.2, 0) is 13.0 Å². The van der Waals surface area contributed by atoms with Crippen molar-refractivity contribution in [1.29, 1.82) is 0 Å². The van der Waals surface area contributed by atoms with Gasteiger partial charge in [0.1, 0.15) is 5.76 Å². The SMILES string of the molecule is Cc1cccc(C(O)CNC(=NCc2ccccc2)NCCc2ccco2)c1. The summed E-state index contributed by atoms with van der Waals surface area (Å²) in [6, 6.07) is 21.8. The van der Waals surface area contributed by atoms with Crippen molar-refractivity contribution in [3.05, 3.63) is 95.4 Å². The summed E-state index contributed by atoms with van der Waals surface area (Å²) >= 11 is 0. The van der Waals surface area contributed by atoms with E-state index in [9.17, 15) is 5.11 Å². The summed E-state index contributed by atoms with van der Waals surface area (Å²) in [5.41, 5.74) is 3.16. The van der Waals surface area contributed by atoms with Gasteiger partial charge in [-0.2, -0.15) is 0 Å². The maximum Gasteiger partial charge on any atom is 0.191 e. The van der Waals surface area contributed by atoms with Crippen molar-refractivity contribution >= 4 is 5.96 Å². The molecule has 1 heterocycles. The van der Waals surface area contributed by atoms with Gasteiger partial charge < -0.3 is 20.2 Å². The van der Waals surface area contributed by atoms with E-state index >= 15 is 0 Å². The van der Waals surface area contributed by atoms with Crippen LogP contribution < -0.4 is 10.6 Å². The van der Waals surface area contributed by atoms with E-state index < -0.39 is 6.10 Å². The van der Waals surface area contributed by atoms with Crippen LogP contribution in [0.4, 0.5) is 0 Å². The van der Waals surface area contributed by atoms with Crippen molar-refractivity contribution in [3.8, 4) is 0 Å². The zero-order valence-electron chi connectivity index (χ0n) is 16.1. The predicted molar refractivity (Wildman–Crippen MR) is 112 cm³/mol. The van der Waals surface area contributed by atoms with Crippen LogP contribution in [-0.4, -0.2) is 24.2 Å². The third-order valence-corrected chi connectivity index (χ3v) is 4.40. The van der Waals surface area contributed by atoms with Crippen molar-refractivity contribution < 1.29 is 9.52 Å². The minimum atomic E-state index is -0.603. The third kappa shape index (κ3) is 6.28. The Balaban J connectivity index is 1.59. The normalized spacial score (nSPS) is 12.6. The molecule has 0 spiro atoms. The largest absolute Gasteiger partial charge is 0.469 e. The number of nitrogens with one attached hydrogen (secondary N) is 2. The van der Waals surface area contributed by atoms with Crippen LogP contribution >= 0.6 is 0 Å². The van der Waals surface area contributed by atoms with E-state index in [1.54, 1.807) is 6.26 Å². The second kappa shape index (κ2) is 10.3. The first-order valence-corrected chi connectivity index (χ1v) is 9.54. The highest BCUT2D eigenvalue weighted by Gasteiger charge is 2.09. The first-order valence-electron chi connectivity index (χ1n) is 9.54. The summed E-state index contributed by atoms with van der Waals surface area (Å²) < 4.78 is 5.37. The number of furan rings is 1. The van der Waals surface area contributed by atoms with Crippen molar-refractivity contribution in [1.82, 2.24) is 10.6 Å². The van der Waals surface area contributed by atoms with E-state index in [1.165, 1.54) is 0 Å². The van der Waals surface area contributed by atoms with Crippen LogP contribution in [0, 0.1) is 6.92 Å². The molecule has 5 nitrogen and oxygen atoms in total. The van der Waals surface area contributed by atoms with Gasteiger partial charge >= 0.3 is 0 Å².